The van der Waals surface area contributed by atoms with Crippen LogP contribution in [0.1, 0.15) is 25.8 Å². The van der Waals surface area contributed by atoms with Crippen LogP contribution in [-0.4, -0.2) is 6.61 Å². The van der Waals surface area contributed by atoms with E-state index in [1.54, 1.807) is 0 Å². The first-order chi connectivity index (χ1) is 8.83. The van der Waals surface area contributed by atoms with Crippen molar-refractivity contribution in [3.8, 4) is 16.9 Å². The molecule has 1 heteroatoms. The van der Waals surface area contributed by atoms with Crippen LogP contribution in [0.2, 0.25) is 0 Å². The van der Waals surface area contributed by atoms with E-state index in [2.05, 4.69) is 50.2 Å². The molecule has 0 spiro atoms. The van der Waals surface area contributed by atoms with Crippen LogP contribution in [0.15, 0.2) is 48.5 Å². The SMILES string of the molecule is CCCOc1ccc(-c2ccc(CC)cc2)cc1. The van der Waals surface area contributed by atoms with E-state index in [0.717, 1.165) is 25.2 Å². The minimum Gasteiger partial charge on any atom is -0.494 e. The maximum Gasteiger partial charge on any atom is 0.119 e. The quantitative estimate of drug-likeness (QED) is 0.735. The predicted octanol–water partition coefficient (Wildman–Crippen LogP) is 4.70. The number of benzene rings is 2. The van der Waals surface area contributed by atoms with Gasteiger partial charge in [-0.3, -0.25) is 0 Å². The fraction of sp³-hybridized carbons (Fsp3) is 0.294. The normalized spacial score (nSPS) is 10.3. The van der Waals surface area contributed by atoms with E-state index in [0.29, 0.717) is 0 Å². The molecule has 0 aliphatic rings. The molecule has 0 radical (unpaired) electrons. The van der Waals surface area contributed by atoms with Gasteiger partial charge in [0.25, 0.3) is 0 Å². The average Bonchev–Trinajstić information content (AvgIpc) is 2.46. The van der Waals surface area contributed by atoms with E-state index in [1.807, 2.05) is 12.1 Å². The largest absolute Gasteiger partial charge is 0.494 e. The summed E-state index contributed by atoms with van der Waals surface area (Å²) in [7, 11) is 0. The van der Waals surface area contributed by atoms with Gasteiger partial charge in [0.15, 0.2) is 0 Å². The summed E-state index contributed by atoms with van der Waals surface area (Å²) < 4.78 is 5.58. The third kappa shape index (κ3) is 3.13. The lowest BCUT2D eigenvalue weighted by Gasteiger charge is -2.06. The second kappa shape index (κ2) is 6.25. The molecular formula is C17H20O. The molecule has 0 bridgehead atoms. The lowest BCUT2D eigenvalue weighted by atomic mass is 10.0. The van der Waals surface area contributed by atoms with Crippen LogP contribution in [0.3, 0.4) is 0 Å². The molecule has 2 rings (SSSR count). The van der Waals surface area contributed by atoms with Crippen molar-refractivity contribution in [2.24, 2.45) is 0 Å². The Morgan fingerprint density at radius 2 is 1.33 bits per heavy atom. The van der Waals surface area contributed by atoms with E-state index in [4.69, 9.17) is 4.74 Å². The van der Waals surface area contributed by atoms with Gasteiger partial charge in [-0.2, -0.15) is 0 Å². The second-order valence-corrected chi connectivity index (χ2v) is 4.42. The summed E-state index contributed by atoms with van der Waals surface area (Å²) in [6.07, 6.45) is 2.13. The Morgan fingerprint density at radius 3 is 1.83 bits per heavy atom. The molecule has 0 fully saturated rings. The highest BCUT2D eigenvalue weighted by Crippen LogP contribution is 2.23. The molecule has 1 nitrogen and oxygen atoms in total. The van der Waals surface area contributed by atoms with E-state index in [9.17, 15) is 0 Å². The van der Waals surface area contributed by atoms with Gasteiger partial charge in [-0.1, -0.05) is 50.2 Å². The number of hydrogen-bond acceptors (Lipinski definition) is 1. The van der Waals surface area contributed by atoms with Crippen LogP contribution >= 0.6 is 0 Å². The van der Waals surface area contributed by atoms with Crippen LogP contribution in [0.25, 0.3) is 11.1 Å². The third-order valence-electron chi connectivity index (χ3n) is 3.02. The third-order valence-corrected chi connectivity index (χ3v) is 3.02. The number of rotatable bonds is 5. The fourth-order valence-corrected chi connectivity index (χ4v) is 1.90. The summed E-state index contributed by atoms with van der Waals surface area (Å²) in [5, 5.41) is 0. The summed E-state index contributed by atoms with van der Waals surface area (Å²) in [5.74, 6) is 0.950. The van der Waals surface area contributed by atoms with Crippen LogP contribution in [0.4, 0.5) is 0 Å². The molecule has 0 aliphatic heterocycles. The zero-order valence-corrected chi connectivity index (χ0v) is 11.1. The first-order valence-corrected chi connectivity index (χ1v) is 6.65. The van der Waals surface area contributed by atoms with Crippen LogP contribution in [0, 0.1) is 0 Å². The summed E-state index contributed by atoms with van der Waals surface area (Å²) in [6.45, 7) is 5.07. The first kappa shape index (κ1) is 12.7. The van der Waals surface area contributed by atoms with Gasteiger partial charge in [-0.15, -0.1) is 0 Å². The van der Waals surface area contributed by atoms with Crippen molar-refractivity contribution in [2.75, 3.05) is 6.61 Å². The number of hydrogen-bond donors (Lipinski definition) is 0. The van der Waals surface area contributed by atoms with E-state index in [1.165, 1.54) is 16.7 Å². The van der Waals surface area contributed by atoms with Gasteiger partial charge in [0.2, 0.25) is 0 Å². The lowest BCUT2D eigenvalue weighted by Crippen LogP contribution is -1.94. The molecular weight excluding hydrogens is 220 g/mol. The summed E-state index contributed by atoms with van der Waals surface area (Å²) in [4.78, 5) is 0. The van der Waals surface area contributed by atoms with Crippen molar-refractivity contribution in [3.05, 3.63) is 54.1 Å². The minimum atomic E-state index is 0.782. The van der Waals surface area contributed by atoms with Gasteiger partial charge in [0.1, 0.15) is 5.75 Å². The predicted molar refractivity (Wildman–Crippen MR) is 77.0 cm³/mol. The molecule has 0 saturated carbocycles. The molecule has 0 saturated heterocycles. The Hall–Kier alpha value is -1.76. The van der Waals surface area contributed by atoms with Crippen molar-refractivity contribution in [1.29, 1.82) is 0 Å². The number of aryl methyl sites for hydroxylation is 1. The minimum absolute atomic E-state index is 0.782. The zero-order valence-electron chi connectivity index (χ0n) is 11.1. The Kier molecular flexibility index (Phi) is 4.40. The van der Waals surface area contributed by atoms with Gasteiger partial charge < -0.3 is 4.74 Å². The van der Waals surface area contributed by atoms with Crippen molar-refractivity contribution in [1.82, 2.24) is 0 Å². The van der Waals surface area contributed by atoms with E-state index < -0.39 is 0 Å². The van der Waals surface area contributed by atoms with Crippen molar-refractivity contribution in [3.63, 3.8) is 0 Å². The highest BCUT2D eigenvalue weighted by molar-refractivity contribution is 5.64. The fourth-order valence-electron chi connectivity index (χ4n) is 1.90. The molecule has 18 heavy (non-hydrogen) atoms. The highest BCUT2D eigenvalue weighted by Gasteiger charge is 1.98. The molecule has 0 aliphatic carbocycles. The smallest absolute Gasteiger partial charge is 0.119 e. The molecule has 2 aromatic rings. The second-order valence-electron chi connectivity index (χ2n) is 4.42. The molecule has 2 aromatic carbocycles. The monoisotopic (exact) mass is 240 g/mol. The van der Waals surface area contributed by atoms with E-state index >= 15 is 0 Å². The van der Waals surface area contributed by atoms with Crippen molar-refractivity contribution in [2.45, 2.75) is 26.7 Å². The zero-order chi connectivity index (χ0) is 12.8. The molecule has 94 valence electrons. The van der Waals surface area contributed by atoms with Crippen LogP contribution in [0.5, 0.6) is 5.75 Å². The van der Waals surface area contributed by atoms with Gasteiger partial charge in [-0.05, 0) is 41.7 Å². The molecule has 0 amide bonds. The molecule has 0 unspecified atom stereocenters. The maximum absolute atomic E-state index is 5.58. The van der Waals surface area contributed by atoms with Crippen molar-refractivity contribution >= 4 is 0 Å². The van der Waals surface area contributed by atoms with Crippen LogP contribution in [-0.2, 0) is 6.42 Å². The Morgan fingerprint density at radius 1 is 0.778 bits per heavy atom. The molecule has 0 heterocycles. The summed E-state index contributed by atoms with van der Waals surface area (Å²) in [5.41, 5.74) is 3.87. The van der Waals surface area contributed by atoms with Gasteiger partial charge >= 0.3 is 0 Å². The van der Waals surface area contributed by atoms with E-state index in [-0.39, 0.29) is 0 Å². The van der Waals surface area contributed by atoms with Crippen LogP contribution < -0.4 is 4.74 Å². The lowest BCUT2D eigenvalue weighted by molar-refractivity contribution is 0.317. The van der Waals surface area contributed by atoms with Crippen molar-refractivity contribution < 1.29 is 4.74 Å². The molecule has 0 atom stereocenters. The van der Waals surface area contributed by atoms with Gasteiger partial charge in [-0.25, -0.2) is 0 Å². The average molecular weight is 240 g/mol. The standard InChI is InChI=1S/C17H20O/c1-3-13-18-17-11-9-16(10-12-17)15-7-5-14(4-2)6-8-15/h5-12H,3-4,13H2,1-2H3. The Balaban J connectivity index is 2.12. The maximum atomic E-state index is 5.58. The molecule has 0 aromatic heterocycles. The summed E-state index contributed by atoms with van der Waals surface area (Å²) >= 11 is 0. The number of ether oxygens (including phenoxy) is 1. The topological polar surface area (TPSA) is 9.23 Å². The Bertz CT molecular complexity index is 468. The summed E-state index contributed by atoms with van der Waals surface area (Å²) in [6, 6.07) is 17.1. The Labute approximate surface area is 109 Å². The highest BCUT2D eigenvalue weighted by atomic mass is 16.5. The molecule has 0 N–H and O–H groups in total. The van der Waals surface area contributed by atoms with Gasteiger partial charge in [0.05, 0.1) is 6.61 Å². The first-order valence-electron chi connectivity index (χ1n) is 6.65. The van der Waals surface area contributed by atoms with Gasteiger partial charge in [0, 0.05) is 0 Å².